The van der Waals surface area contributed by atoms with Gasteiger partial charge < -0.3 is 14.8 Å². The minimum Gasteiger partial charge on any atom is -0.496 e. The van der Waals surface area contributed by atoms with Crippen molar-refractivity contribution in [1.29, 1.82) is 0 Å². The molecular weight excluding hydrogens is 240 g/mol. The fraction of sp³-hybridized carbons (Fsp3) is 0.250. The molecule has 17 heavy (non-hydrogen) atoms. The third-order valence-corrected chi connectivity index (χ3v) is 2.66. The second kappa shape index (κ2) is 5.21. The van der Waals surface area contributed by atoms with Crippen LogP contribution < -0.4 is 4.74 Å². The highest BCUT2D eigenvalue weighted by Crippen LogP contribution is 2.30. The number of rotatable bonds is 4. The summed E-state index contributed by atoms with van der Waals surface area (Å²) in [5, 5.41) is 9.48. The molecule has 0 unspecified atom stereocenters. The molecule has 0 aliphatic heterocycles. The molecule has 0 bridgehead atoms. The van der Waals surface area contributed by atoms with Crippen LogP contribution in [0.2, 0.25) is 5.02 Å². The highest BCUT2D eigenvalue weighted by Gasteiger charge is 2.10. The standard InChI is InChI=1S/C12H13ClN2O2/c1-17-11-3-2-8(13)6-10(11)12-14-7-9(15-12)4-5-16/h2-3,6-7,16H,4-5H2,1H3,(H,14,15). The van der Waals surface area contributed by atoms with E-state index in [1.54, 1.807) is 31.5 Å². The molecular formula is C12H13ClN2O2. The molecule has 0 saturated heterocycles. The van der Waals surface area contributed by atoms with Crippen LogP contribution in [-0.2, 0) is 6.42 Å². The smallest absolute Gasteiger partial charge is 0.141 e. The summed E-state index contributed by atoms with van der Waals surface area (Å²) in [7, 11) is 1.60. The number of nitrogens with zero attached hydrogens (tertiary/aromatic N) is 1. The molecule has 1 aromatic heterocycles. The number of imidazole rings is 1. The van der Waals surface area contributed by atoms with Crippen molar-refractivity contribution < 1.29 is 9.84 Å². The van der Waals surface area contributed by atoms with E-state index < -0.39 is 0 Å². The van der Waals surface area contributed by atoms with Crippen molar-refractivity contribution in [2.24, 2.45) is 0 Å². The molecule has 0 spiro atoms. The second-order valence-electron chi connectivity index (χ2n) is 3.58. The number of nitrogens with one attached hydrogen (secondary N) is 1. The van der Waals surface area contributed by atoms with Gasteiger partial charge in [-0.05, 0) is 18.2 Å². The Balaban J connectivity index is 2.40. The van der Waals surface area contributed by atoms with Crippen LogP contribution in [0.3, 0.4) is 0 Å². The number of hydrogen-bond donors (Lipinski definition) is 2. The summed E-state index contributed by atoms with van der Waals surface area (Å²) in [5.41, 5.74) is 1.69. The predicted molar refractivity (Wildman–Crippen MR) is 66.4 cm³/mol. The molecule has 0 amide bonds. The quantitative estimate of drug-likeness (QED) is 0.878. The molecule has 2 aromatic rings. The molecule has 0 radical (unpaired) electrons. The van der Waals surface area contributed by atoms with Gasteiger partial charge in [0.1, 0.15) is 11.6 Å². The average Bonchev–Trinajstić information content (AvgIpc) is 2.78. The minimum absolute atomic E-state index is 0.0916. The van der Waals surface area contributed by atoms with Gasteiger partial charge in [-0.2, -0.15) is 0 Å². The summed E-state index contributed by atoms with van der Waals surface area (Å²) in [5.74, 6) is 1.40. The van der Waals surface area contributed by atoms with Gasteiger partial charge in [-0.15, -0.1) is 0 Å². The highest BCUT2D eigenvalue weighted by atomic mass is 35.5. The van der Waals surface area contributed by atoms with Gasteiger partial charge in [0.05, 0.1) is 12.7 Å². The lowest BCUT2D eigenvalue weighted by atomic mass is 10.2. The van der Waals surface area contributed by atoms with Crippen LogP contribution in [0.1, 0.15) is 5.69 Å². The zero-order valence-electron chi connectivity index (χ0n) is 9.40. The van der Waals surface area contributed by atoms with Gasteiger partial charge in [0.15, 0.2) is 0 Å². The molecule has 4 nitrogen and oxygen atoms in total. The summed E-state index contributed by atoms with van der Waals surface area (Å²) in [6.07, 6.45) is 2.25. The van der Waals surface area contributed by atoms with Crippen molar-refractivity contribution in [2.75, 3.05) is 13.7 Å². The Bertz CT molecular complexity index is 511. The van der Waals surface area contributed by atoms with Gasteiger partial charge in [-0.1, -0.05) is 11.6 Å². The Morgan fingerprint density at radius 2 is 2.29 bits per heavy atom. The van der Waals surface area contributed by atoms with E-state index in [1.165, 1.54) is 0 Å². The average molecular weight is 253 g/mol. The zero-order valence-corrected chi connectivity index (χ0v) is 10.2. The van der Waals surface area contributed by atoms with Crippen molar-refractivity contribution in [3.8, 4) is 17.1 Å². The van der Waals surface area contributed by atoms with Gasteiger partial charge in [-0.3, -0.25) is 0 Å². The summed E-state index contributed by atoms with van der Waals surface area (Å²) < 4.78 is 5.26. The summed E-state index contributed by atoms with van der Waals surface area (Å²) in [4.78, 5) is 7.37. The van der Waals surface area contributed by atoms with Crippen LogP contribution in [0.25, 0.3) is 11.4 Å². The number of H-pyrrole nitrogens is 1. The Labute approximate surface area is 104 Å². The number of aliphatic hydroxyl groups is 1. The normalized spacial score (nSPS) is 10.5. The Hall–Kier alpha value is -1.52. The van der Waals surface area contributed by atoms with E-state index in [-0.39, 0.29) is 6.61 Å². The van der Waals surface area contributed by atoms with E-state index in [1.807, 2.05) is 0 Å². The lowest BCUT2D eigenvalue weighted by molar-refractivity contribution is 0.298. The highest BCUT2D eigenvalue weighted by molar-refractivity contribution is 6.30. The number of aliphatic hydroxyl groups excluding tert-OH is 1. The van der Waals surface area contributed by atoms with Crippen molar-refractivity contribution in [3.05, 3.63) is 35.1 Å². The van der Waals surface area contributed by atoms with Crippen molar-refractivity contribution >= 4 is 11.6 Å². The first-order valence-corrected chi connectivity index (χ1v) is 5.61. The van der Waals surface area contributed by atoms with Crippen LogP contribution in [0.5, 0.6) is 5.75 Å². The van der Waals surface area contributed by atoms with Gasteiger partial charge in [0.2, 0.25) is 0 Å². The van der Waals surface area contributed by atoms with Gasteiger partial charge in [-0.25, -0.2) is 4.98 Å². The maximum absolute atomic E-state index is 8.85. The van der Waals surface area contributed by atoms with Crippen LogP contribution in [0.15, 0.2) is 24.4 Å². The molecule has 0 atom stereocenters. The first kappa shape index (κ1) is 12.0. The molecule has 5 heteroatoms. The maximum atomic E-state index is 8.85. The third kappa shape index (κ3) is 2.60. The molecule has 1 heterocycles. The fourth-order valence-corrected chi connectivity index (χ4v) is 1.78. The molecule has 2 N–H and O–H groups in total. The number of ether oxygens (including phenoxy) is 1. The van der Waals surface area contributed by atoms with Gasteiger partial charge in [0.25, 0.3) is 0 Å². The monoisotopic (exact) mass is 252 g/mol. The van der Waals surface area contributed by atoms with E-state index >= 15 is 0 Å². The van der Waals surface area contributed by atoms with Crippen LogP contribution >= 0.6 is 11.6 Å². The Morgan fingerprint density at radius 1 is 1.47 bits per heavy atom. The van der Waals surface area contributed by atoms with Crippen molar-refractivity contribution in [3.63, 3.8) is 0 Å². The minimum atomic E-state index is 0.0916. The number of benzene rings is 1. The van der Waals surface area contributed by atoms with E-state index in [4.69, 9.17) is 21.4 Å². The van der Waals surface area contributed by atoms with Crippen LogP contribution in [0, 0.1) is 0 Å². The lowest BCUT2D eigenvalue weighted by Crippen LogP contribution is -1.92. The molecule has 1 aromatic carbocycles. The summed E-state index contributed by atoms with van der Waals surface area (Å²) >= 11 is 5.95. The van der Waals surface area contributed by atoms with Crippen molar-refractivity contribution in [1.82, 2.24) is 9.97 Å². The first-order valence-electron chi connectivity index (χ1n) is 5.23. The second-order valence-corrected chi connectivity index (χ2v) is 4.01. The molecule has 0 aliphatic rings. The molecule has 2 rings (SSSR count). The SMILES string of the molecule is COc1ccc(Cl)cc1-c1ncc(CCO)[nH]1. The molecule has 0 aliphatic carbocycles. The van der Waals surface area contributed by atoms with E-state index in [2.05, 4.69) is 9.97 Å². The van der Waals surface area contributed by atoms with Gasteiger partial charge >= 0.3 is 0 Å². The third-order valence-electron chi connectivity index (χ3n) is 2.43. The molecule has 0 saturated carbocycles. The summed E-state index contributed by atoms with van der Waals surface area (Å²) in [6, 6.07) is 5.36. The number of aromatic amines is 1. The number of methoxy groups -OCH3 is 1. The largest absolute Gasteiger partial charge is 0.496 e. The zero-order chi connectivity index (χ0) is 12.3. The van der Waals surface area contributed by atoms with Crippen LogP contribution in [0.4, 0.5) is 0 Å². The Kier molecular flexibility index (Phi) is 3.66. The van der Waals surface area contributed by atoms with Gasteiger partial charge in [0, 0.05) is 29.9 Å². The first-order chi connectivity index (χ1) is 8.24. The lowest BCUT2D eigenvalue weighted by Gasteiger charge is -2.06. The predicted octanol–water partition coefficient (Wildman–Crippen LogP) is 2.27. The van der Waals surface area contributed by atoms with E-state index in [9.17, 15) is 0 Å². The molecule has 0 fully saturated rings. The van der Waals surface area contributed by atoms with E-state index in [0.717, 1.165) is 11.3 Å². The number of hydrogen-bond acceptors (Lipinski definition) is 3. The fourth-order valence-electron chi connectivity index (χ4n) is 1.61. The molecule has 90 valence electrons. The summed E-state index contributed by atoms with van der Waals surface area (Å²) in [6.45, 7) is 0.0916. The number of halogens is 1. The van der Waals surface area contributed by atoms with Crippen LogP contribution in [-0.4, -0.2) is 28.8 Å². The topological polar surface area (TPSA) is 58.1 Å². The number of aromatic nitrogens is 2. The van der Waals surface area contributed by atoms with Crippen molar-refractivity contribution in [2.45, 2.75) is 6.42 Å². The van der Waals surface area contributed by atoms with E-state index in [0.29, 0.717) is 23.0 Å². The maximum Gasteiger partial charge on any atom is 0.141 e. The Morgan fingerprint density at radius 3 is 3.00 bits per heavy atom.